The van der Waals surface area contributed by atoms with E-state index in [1.165, 1.54) is 0 Å². The standard InChI is InChI=1S/C11H8O4/c1-6-3-2-4-8-10(6)7(12)5-9(15-8)11(13)14/h2-5H,1H3,(H,13,14). The average molecular weight is 204 g/mol. The van der Waals surface area contributed by atoms with E-state index in [2.05, 4.69) is 0 Å². The van der Waals surface area contributed by atoms with Gasteiger partial charge in [-0.15, -0.1) is 0 Å². The lowest BCUT2D eigenvalue weighted by molar-refractivity contribution is 0.0663. The number of aromatic carboxylic acids is 1. The van der Waals surface area contributed by atoms with Crippen LogP contribution in [0.3, 0.4) is 0 Å². The number of fused-ring (bicyclic) bond motifs is 1. The van der Waals surface area contributed by atoms with Gasteiger partial charge in [-0.25, -0.2) is 4.79 Å². The minimum Gasteiger partial charge on any atom is -0.475 e. The number of hydrogen-bond donors (Lipinski definition) is 1. The van der Waals surface area contributed by atoms with Gasteiger partial charge in [0.25, 0.3) is 0 Å². The number of aryl methyl sites for hydroxylation is 1. The molecule has 1 aromatic carbocycles. The number of benzene rings is 1. The summed E-state index contributed by atoms with van der Waals surface area (Å²) >= 11 is 0. The van der Waals surface area contributed by atoms with E-state index in [1.807, 2.05) is 0 Å². The van der Waals surface area contributed by atoms with Crippen molar-refractivity contribution in [1.29, 1.82) is 0 Å². The van der Waals surface area contributed by atoms with Gasteiger partial charge in [0.1, 0.15) is 5.58 Å². The van der Waals surface area contributed by atoms with Crippen LogP contribution in [0.15, 0.2) is 33.5 Å². The first-order valence-corrected chi connectivity index (χ1v) is 4.36. The summed E-state index contributed by atoms with van der Waals surface area (Å²) in [7, 11) is 0. The Morgan fingerprint density at radius 3 is 2.80 bits per heavy atom. The Morgan fingerprint density at radius 2 is 2.13 bits per heavy atom. The van der Waals surface area contributed by atoms with Gasteiger partial charge < -0.3 is 9.52 Å². The molecule has 0 aliphatic heterocycles. The van der Waals surface area contributed by atoms with Crippen LogP contribution in [0.1, 0.15) is 16.1 Å². The number of carbonyl (C=O) groups is 1. The van der Waals surface area contributed by atoms with Gasteiger partial charge in [-0.2, -0.15) is 0 Å². The minimum absolute atomic E-state index is 0.305. The number of carboxylic acids is 1. The first-order valence-electron chi connectivity index (χ1n) is 4.36. The van der Waals surface area contributed by atoms with Gasteiger partial charge in [-0.3, -0.25) is 4.79 Å². The van der Waals surface area contributed by atoms with Crippen molar-refractivity contribution in [3.63, 3.8) is 0 Å². The van der Waals surface area contributed by atoms with Crippen molar-refractivity contribution in [1.82, 2.24) is 0 Å². The van der Waals surface area contributed by atoms with E-state index < -0.39 is 5.97 Å². The van der Waals surface area contributed by atoms with Crippen molar-refractivity contribution in [2.24, 2.45) is 0 Å². The van der Waals surface area contributed by atoms with Gasteiger partial charge in [-0.05, 0) is 18.6 Å². The highest BCUT2D eigenvalue weighted by molar-refractivity contribution is 5.88. The zero-order chi connectivity index (χ0) is 11.0. The average Bonchev–Trinajstić information content (AvgIpc) is 2.17. The van der Waals surface area contributed by atoms with E-state index in [-0.39, 0.29) is 11.2 Å². The van der Waals surface area contributed by atoms with E-state index in [1.54, 1.807) is 25.1 Å². The molecule has 0 aliphatic rings. The predicted octanol–water partition coefficient (Wildman–Crippen LogP) is 1.80. The topological polar surface area (TPSA) is 67.5 Å². The molecule has 15 heavy (non-hydrogen) atoms. The quantitative estimate of drug-likeness (QED) is 0.769. The van der Waals surface area contributed by atoms with Gasteiger partial charge in [0, 0.05) is 6.07 Å². The second kappa shape index (κ2) is 3.24. The molecule has 0 fully saturated rings. The van der Waals surface area contributed by atoms with Crippen LogP contribution in [0.25, 0.3) is 11.0 Å². The molecule has 0 bridgehead atoms. The molecule has 0 radical (unpaired) electrons. The Labute approximate surface area is 84.8 Å². The van der Waals surface area contributed by atoms with Crippen molar-refractivity contribution < 1.29 is 14.3 Å². The minimum atomic E-state index is -1.24. The highest BCUT2D eigenvalue weighted by atomic mass is 16.4. The van der Waals surface area contributed by atoms with E-state index in [9.17, 15) is 9.59 Å². The third-order valence-corrected chi connectivity index (χ3v) is 2.17. The summed E-state index contributed by atoms with van der Waals surface area (Å²) < 4.78 is 5.09. The van der Waals surface area contributed by atoms with Crippen molar-refractivity contribution in [2.45, 2.75) is 6.92 Å². The van der Waals surface area contributed by atoms with Crippen LogP contribution in [0, 0.1) is 6.92 Å². The predicted molar refractivity (Wildman–Crippen MR) is 54.2 cm³/mol. The molecule has 1 N–H and O–H groups in total. The van der Waals surface area contributed by atoms with Crippen LogP contribution in [0.2, 0.25) is 0 Å². The summed E-state index contributed by atoms with van der Waals surface area (Å²) in [4.78, 5) is 22.3. The lowest BCUT2D eigenvalue weighted by atomic mass is 10.1. The highest BCUT2D eigenvalue weighted by Gasteiger charge is 2.11. The molecule has 0 atom stereocenters. The maximum atomic E-state index is 11.6. The maximum absolute atomic E-state index is 11.6. The molecular weight excluding hydrogens is 196 g/mol. The van der Waals surface area contributed by atoms with Crippen molar-refractivity contribution >= 4 is 16.9 Å². The van der Waals surface area contributed by atoms with Crippen LogP contribution in [0.5, 0.6) is 0 Å². The van der Waals surface area contributed by atoms with Crippen LogP contribution >= 0.6 is 0 Å². The molecule has 0 amide bonds. The van der Waals surface area contributed by atoms with Crippen molar-refractivity contribution in [3.05, 3.63) is 45.8 Å². The molecule has 0 unspecified atom stereocenters. The van der Waals surface area contributed by atoms with E-state index in [0.29, 0.717) is 11.0 Å². The SMILES string of the molecule is Cc1cccc2oc(C(=O)O)cc(=O)c12. The van der Waals surface area contributed by atoms with Crippen molar-refractivity contribution in [2.75, 3.05) is 0 Å². The molecule has 1 aromatic heterocycles. The molecule has 0 saturated carbocycles. The van der Waals surface area contributed by atoms with Crippen LogP contribution < -0.4 is 5.43 Å². The molecule has 4 nitrogen and oxygen atoms in total. The van der Waals surface area contributed by atoms with Gasteiger partial charge in [0.2, 0.25) is 5.76 Å². The first kappa shape index (κ1) is 9.45. The Balaban J connectivity index is 2.91. The molecule has 1 heterocycles. The van der Waals surface area contributed by atoms with E-state index >= 15 is 0 Å². The smallest absolute Gasteiger partial charge is 0.371 e. The van der Waals surface area contributed by atoms with Gasteiger partial charge in [-0.1, -0.05) is 12.1 Å². The number of hydrogen-bond acceptors (Lipinski definition) is 3. The lowest BCUT2D eigenvalue weighted by Gasteiger charge is -2.00. The summed E-state index contributed by atoms with van der Waals surface area (Å²) in [6, 6.07) is 6.07. The molecule has 4 heteroatoms. The number of carboxylic acid groups (broad SMARTS) is 1. The third kappa shape index (κ3) is 1.50. The molecule has 2 aromatic rings. The summed E-state index contributed by atoms with van der Waals surface area (Å²) in [5.41, 5.74) is 0.754. The molecular formula is C11H8O4. The molecule has 0 spiro atoms. The fraction of sp³-hybridized carbons (Fsp3) is 0.0909. The van der Waals surface area contributed by atoms with E-state index in [0.717, 1.165) is 11.6 Å². The Bertz CT molecular complexity index is 595. The Morgan fingerprint density at radius 1 is 1.40 bits per heavy atom. The van der Waals surface area contributed by atoms with Gasteiger partial charge in [0.15, 0.2) is 5.43 Å². The Hall–Kier alpha value is -2.10. The molecule has 0 saturated heterocycles. The first-order chi connectivity index (χ1) is 7.09. The van der Waals surface area contributed by atoms with Crippen LogP contribution in [-0.2, 0) is 0 Å². The summed E-state index contributed by atoms with van der Waals surface area (Å²) in [6.07, 6.45) is 0. The molecule has 0 aliphatic carbocycles. The lowest BCUT2D eigenvalue weighted by Crippen LogP contribution is -2.07. The fourth-order valence-electron chi connectivity index (χ4n) is 1.49. The summed E-state index contributed by atoms with van der Waals surface area (Å²) in [5.74, 6) is -1.58. The normalized spacial score (nSPS) is 10.5. The maximum Gasteiger partial charge on any atom is 0.371 e. The summed E-state index contributed by atoms with van der Waals surface area (Å²) in [6.45, 7) is 1.78. The Kier molecular flexibility index (Phi) is 2.04. The van der Waals surface area contributed by atoms with Gasteiger partial charge in [0.05, 0.1) is 5.39 Å². The van der Waals surface area contributed by atoms with Crippen molar-refractivity contribution in [3.8, 4) is 0 Å². The molecule has 2 rings (SSSR count). The van der Waals surface area contributed by atoms with Gasteiger partial charge >= 0.3 is 5.97 Å². The second-order valence-corrected chi connectivity index (χ2v) is 3.23. The number of rotatable bonds is 1. The zero-order valence-electron chi connectivity index (χ0n) is 7.98. The highest BCUT2D eigenvalue weighted by Crippen LogP contribution is 2.15. The van der Waals surface area contributed by atoms with Crippen LogP contribution in [0.4, 0.5) is 0 Å². The van der Waals surface area contributed by atoms with Crippen LogP contribution in [-0.4, -0.2) is 11.1 Å². The summed E-state index contributed by atoms with van der Waals surface area (Å²) in [5, 5.41) is 9.14. The largest absolute Gasteiger partial charge is 0.475 e. The second-order valence-electron chi connectivity index (χ2n) is 3.23. The fourth-order valence-corrected chi connectivity index (χ4v) is 1.49. The zero-order valence-corrected chi connectivity index (χ0v) is 7.98. The third-order valence-electron chi connectivity index (χ3n) is 2.17. The monoisotopic (exact) mass is 204 g/mol. The molecule has 76 valence electrons. The van der Waals surface area contributed by atoms with E-state index in [4.69, 9.17) is 9.52 Å².